The van der Waals surface area contributed by atoms with Gasteiger partial charge in [0, 0.05) is 10.7 Å². The van der Waals surface area contributed by atoms with Crippen LogP contribution in [0.4, 0.5) is 5.69 Å². The molecule has 0 saturated heterocycles. The summed E-state index contributed by atoms with van der Waals surface area (Å²) in [6.45, 7) is 2.12. The smallest absolute Gasteiger partial charge is 0.311 e. The molecule has 0 bridgehead atoms. The number of halogens is 1. The maximum Gasteiger partial charge on any atom is 0.311 e. The third-order valence-electron chi connectivity index (χ3n) is 4.01. The van der Waals surface area contributed by atoms with Crippen molar-refractivity contribution >= 4 is 23.3 Å². The van der Waals surface area contributed by atoms with Crippen molar-refractivity contribution < 1.29 is 9.90 Å². The number of benzene rings is 1. The van der Waals surface area contributed by atoms with Gasteiger partial charge in [-0.05, 0) is 42.0 Å². The Morgan fingerprint density at radius 2 is 2.22 bits per heavy atom. The lowest BCUT2D eigenvalue weighted by Crippen LogP contribution is -2.24. The molecule has 3 unspecified atom stereocenters. The van der Waals surface area contributed by atoms with Crippen molar-refractivity contribution in [1.29, 1.82) is 0 Å². The van der Waals surface area contributed by atoms with Crippen molar-refractivity contribution in [2.45, 2.75) is 32.1 Å². The predicted molar refractivity (Wildman–Crippen MR) is 72.7 cm³/mol. The minimum absolute atomic E-state index is 0.156. The number of nitrogen functional groups attached to an aromatic ring is 1. The van der Waals surface area contributed by atoms with Gasteiger partial charge in [-0.25, -0.2) is 0 Å². The lowest BCUT2D eigenvalue weighted by Gasteiger charge is -2.25. The molecule has 1 saturated carbocycles. The molecule has 1 aliphatic carbocycles. The molecule has 0 heterocycles. The maximum absolute atomic E-state index is 11.6. The average Bonchev–Trinajstić information content (AvgIpc) is 2.70. The van der Waals surface area contributed by atoms with E-state index in [-0.39, 0.29) is 5.92 Å². The van der Waals surface area contributed by atoms with Crippen molar-refractivity contribution in [1.82, 2.24) is 0 Å². The summed E-state index contributed by atoms with van der Waals surface area (Å²) >= 11 is 5.96. The van der Waals surface area contributed by atoms with E-state index in [0.29, 0.717) is 22.2 Å². The summed E-state index contributed by atoms with van der Waals surface area (Å²) in [5.41, 5.74) is 7.10. The monoisotopic (exact) mass is 267 g/mol. The second kappa shape index (κ2) is 5.19. The molecule has 0 spiro atoms. The lowest BCUT2D eigenvalue weighted by molar-refractivity contribution is -0.140. The molecule has 1 aliphatic rings. The number of anilines is 1. The Balaban J connectivity index is 2.41. The van der Waals surface area contributed by atoms with Crippen LogP contribution in [0.25, 0.3) is 0 Å². The molecule has 4 heteroatoms. The molecule has 1 fully saturated rings. The van der Waals surface area contributed by atoms with Crippen molar-refractivity contribution in [3.63, 3.8) is 0 Å². The van der Waals surface area contributed by atoms with E-state index in [1.54, 1.807) is 18.2 Å². The predicted octanol–water partition coefficient (Wildman–Crippen LogP) is 3.53. The van der Waals surface area contributed by atoms with Gasteiger partial charge in [0.1, 0.15) is 0 Å². The number of hydrogen-bond donors (Lipinski definition) is 2. The normalized spacial score (nSPS) is 25.0. The summed E-state index contributed by atoms with van der Waals surface area (Å²) in [4.78, 5) is 11.6. The largest absolute Gasteiger partial charge is 0.481 e. The van der Waals surface area contributed by atoms with E-state index in [4.69, 9.17) is 17.3 Å². The Morgan fingerprint density at radius 3 is 2.78 bits per heavy atom. The molecule has 0 radical (unpaired) electrons. The highest BCUT2D eigenvalue weighted by Gasteiger charge is 2.37. The minimum Gasteiger partial charge on any atom is -0.481 e. The molecule has 2 rings (SSSR count). The molecule has 0 aliphatic heterocycles. The Bertz CT molecular complexity index is 461. The molecule has 0 amide bonds. The van der Waals surface area contributed by atoms with Gasteiger partial charge in [-0.15, -0.1) is 0 Å². The molecule has 1 aromatic carbocycles. The van der Waals surface area contributed by atoms with Gasteiger partial charge in [0.05, 0.1) is 5.92 Å². The highest BCUT2D eigenvalue weighted by Crippen LogP contribution is 2.43. The minimum atomic E-state index is -0.803. The van der Waals surface area contributed by atoms with Crippen molar-refractivity contribution in [2.24, 2.45) is 11.8 Å². The van der Waals surface area contributed by atoms with Gasteiger partial charge in [-0.2, -0.15) is 0 Å². The van der Waals surface area contributed by atoms with Gasteiger partial charge in [0.15, 0.2) is 0 Å². The number of carbonyl (C=O) groups is 1. The number of nitrogens with two attached hydrogens (primary N) is 1. The van der Waals surface area contributed by atoms with Crippen LogP contribution in [0.2, 0.25) is 5.02 Å². The van der Waals surface area contributed by atoms with Crippen LogP contribution in [-0.4, -0.2) is 11.1 Å². The second-order valence-corrected chi connectivity index (χ2v) is 5.60. The van der Waals surface area contributed by atoms with Gasteiger partial charge in [0.2, 0.25) is 0 Å². The molecule has 0 aromatic heterocycles. The third-order valence-corrected chi connectivity index (χ3v) is 4.24. The topological polar surface area (TPSA) is 63.3 Å². The summed E-state index contributed by atoms with van der Waals surface area (Å²) in [6.07, 6.45) is 3.13. The number of hydrogen-bond acceptors (Lipinski definition) is 2. The van der Waals surface area contributed by atoms with Crippen LogP contribution in [0, 0.1) is 11.8 Å². The zero-order valence-electron chi connectivity index (χ0n) is 10.4. The standard InChI is InChI=1S/C14H18ClNO2/c1-8-3-2-4-10(8)13(14(17)18)11-7-9(15)5-6-12(11)16/h5-8,10,13H,2-4,16H2,1H3,(H,17,18). The first-order chi connectivity index (χ1) is 8.50. The molecule has 3 nitrogen and oxygen atoms in total. The Kier molecular flexibility index (Phi) is 3.81. The fraction of sp³-hybridized carbons (Fsp3) is 0.500. The average molecular weight is 268 g/mol. The number of aliphatic carboxylic acids is 1. The van der Waals surface area contributed by atoms with E-state index < -0.39 is 11.9 Å². The van der Waals surface area contributed by atoms with Crippen LogP contribution >= 0.6 is 11.6 Å². The molecule has 3 atom stereocenters. The van der Waals surface area contributed by atoms with E-state index >= 15 is 0 Å². The van der Waals surface area contributed by atoms with Crippen LogP contribution in [0.5, 0.6) is 0 Å². The highest BCUT2D eigenvalue weighted by atomic mass is 35.5. The first-order valence-corrected chi connectivity index (χ1v) is 6.66. The Hall–Kier alpha value is -1.22. The quantitative estimate of drug-likeness (QED) is 0.824. The van der Waals surface area contributed by atoms with Crippen LogP contribution in [0.1, 0.15) is 37.7 Å². The number of rotatable bonds is 3. The Morgan fingerprint density at radius 1 is 1.50 bits per heavy atom. The van der Waals surface area contributed by atoms with Crippen molar-refractivity contribution in [3.8, 4) is 0 Å². The first kappa shape index (κ1) is 13.2. The van der Waals surface area contributed by atoms with Crippen LogP contribution in [-0.2, 0) is 4.79 Å². The van der Waals surface area contributed by atoms with Crippen LogP contribution in [0.3, 0.4) is 0 Å². The van der Waals surface area contributed by atoms with Crippen LogP contribution in [0.15, 0.2) is 18.2 Å². The first-order valence-electron chi connectivity index (χ1n) is 6.28. The van der Waals surface area contributed by atoms with E-state index in [0.717, 1.165) is 19.3 Å². The van der Waals surface area contributed by atoms with Crippen LogP contribution < -0.4 is 5.73 Å². The van der Waals surface area contributed by atoms with Gasteiger partial charge >= 0.3 is 5.97 Å². The summed E-state index contributed by atoms with van der Waals surface area (Å²) < 4.78 is 0. The summed E-state index contributed by atoms with van der Waals surface area (Å²) in [5.74, 6) is -0.767. The van der Waals surface area contributed by atoms with Crippen molar-refractivity contribution in [2.75, 3.05) is 5.73 Å². The van der Waals surface area contributed by atoms with E-state index in [2.05, 4.69) is 6.92 Å². The maximum atomic E-state index is 11.6. The van der Waals surface area contributed by atoms with E-state index in [1.807, 2.05) is 0 Å². The fourth-order valence-electron chi connectivity index (χ4n) is 3.03. The SMILES string of the molecule is CC1CCCC1C(C(=O)O)c1cc(Cl)ccc1N. The summed E-state index contributed by atoms with van der Waals surface area (Å²) in [7, 11) is 0. The van der Waals surface area contributed by atoms with Gasteiger partial charge in [-0.3, -0.25) is 4.79 Å². The van der Waals surface area contributed by atoms with Gasteiger partial charge < -0.3 is 10.8 Å². The van der Waals surface area contributed by atoms with Crippen molar-refractivity contribution in [3.05, 3.63) is 28.8 Å². The molecular weight excluding hydrogens is 250 g/mol. The number of carboxylic acids is 1. The fourth-order valence-corrected chi connectivity index (χ4v) is 3.21. The molecule has 98 valence electrons. The zero-order chi connectivity index (χ0) is 13.3. The lowest BCUT2D eigenvalue weighted by atomic mass is 9.80. The third kappa shape index (κ3) is 2.46. The highest BCUT2D eigenvalue weighted by molar-refractivity contribution is 6.30. The molecular formula is C14H18ClNO2. The zero-order valence-corrected chi connectivity index (χ0v) is 11.2. The summed E-state index contributed by atoms with van der Waals surface area (Å²) in [6, 6.07) is 5.07. The molecule has 1 aromatic rings. The number of carboxylic acid groups (broad SMARTS) is 1. The van der Waals surface area contributed by atoms with E-state index in [1.165, 1.54) is 0 Å². The molecule has 3 N–H and O–H groups in total. The second-order valence-electron chi connectivity index (χ2n) is 5.16. The van der Waals surface area contributed by atoms with Gasteiger partial charge in [-0.1, -0.05) is 31.4 Å². The van der Waals surface area contributed by atoms with Gasteiger partial charge in [0.25, 0.3) is 0 Å². The summed E-state index contributed by atoms with van der Waals surface area (Å²) in [5, 5.41) is 10.1. The van der Waals surface area contributed by atoms with E-state index in [9.17, 15) is 9.90 Å². The molecule has 18 heavy (non-hydrogen) atoms. The Labute approximate surface area is 112 Å².